The van der Waals surface area contributed by atoms with Crippen LogP contribution in [0.4, 0.5) is 5.82 Å². The van der Waals surface area contributed by atoms with Crippen LogP contribution in [0.3, 0.4) is 0 Å². The van der Waals surface area contributed by atoms with Crippen molar-refractivity contribution in [1.82, 2.24) is 15.2 Å². The van der Waals surface area contributed by atoms with Crippen LogP contribution in [0.25, 0.3) is 0 Å². The van der Waals surface area contributed by atoms with Crippen molar-refractivity contribution in [3.63, 3.8) is 0 Å². The first-order chi connectivity index (χ1) is 12.6. The van der Waals surface area contributed by atoms with E-state index in [-0.39, 0.29) is 18.6 Å². The number of aromatic nitrogens is 1. The van der Waals surface area contributed by atoms with Gasteiger partial charge in [0.2, 0.25) is 0 Å². The van der Waals surface area contributed by atoms with Crippen molar-refractivity contribution in [2.24, 2.45) is 0 Å². The van der Waals surface area contributed by atoms with Crippen molar-refractivity contribution in [1.29, 1.82) is 0 Å². The maximum Gasteiger partial charge on any atom is 0.255 e. The van der Waals surface area contributed by atoms with Gasteiger partial charge in [0, 0.05) is 38.4 Å². The SMILES string of the molecule is Cc1ccc(C(=O)N[C@H](C)c2ccco2)c(N2CCN(CCO)CC2)n1. The fourth-order valence-electron chi connectivity index (χ4n) is 3.17. The highest BCUT2D eigenvalue weighted by atomic mass is 16.3. The molecule has 1 saturated heterocycles. The van der Waals surface area contributed by atoms with Gasteiger partial charge in [0.15, 0.2) is 0 Å². The zero-order valence-corrected chi connectivity index (χ0v) is 15.3. The second-order valence-corrected chi connectivity index (χ2v) is 6.59. The smallest absolute Gasteiger partial charge is 0.255 e. The Morgan fingerprint density at radius 1 is 1.31 bits per heavy atom. The van der Waals surface area contributed by atoms with E-state index in [9.17, 15) is 4.79 Å². The molecule has 1 amide bonds. The Kier molecular flexibility index (Phi) is 5.90. The third-order valence-electron chi connectivity index (χ3n) is 4.66. The van der Waals surface area contributed by atoms with Crippen molar-refractivity contribution in [3.05, 3.63) is 47.5 Å². The highest BCUT2D eigenvalue weighted by Gasteiger charge is 2.24. The molecule has 0 aromatic carbocycles. The number of aliphatic hydroxyl groups excluding tert-OH is 1. The summed E-state index contributed by atoms with van der Waals surface area (Å²) in [6, 6.07) is 7.13. The number of hydrogen-bond donors (Lipinski definition) is 2. The van der Waals surface area contributed by atoms with E-state index in [2.05, 4.69) is 20.1 Å². The van der Waals surface area contributed by atoms with Gasteiger partial charge >= 0.3 is 0 Å². The first-order valence-corrected chi connectivity index (χ1v) is 8.98. The number of amides is 1. The predicted molar refractivity (Wildman–Crippen MR) is 99.3 cm³/mol. The second-order valence-electron chi connectivity index (χ2n) is 6.59. The van der Waals surface area contributed by atoms with Crippen LogP contribution in [0.15, 0.2) is 34.9 Å². The number of aliphatic hydroxyl groups is 1. The van der Waals surface area contributed by atoms with E-state index in [1.54, 1.807) is 6.26 Å². The Balaban J connectivity index is 1.74. The molecule has 26 heavy (non-hydrogen) atoms. The zero-order chi connectivity index (χ0) is 18.5. The van der Waals surface area contributed by atoms with E-state index in [0.29, 0.717) is 12.1 Å². The minimum Gasteiger partial charge on any atom is -0.467 e. The summed E-state index contributed by atoms with van der Waals surface area (Å²) < 4.78 is 5.37. The van der Waals surface area contributed by atoms with Crippen molar-refractivity contribution in [3.8, 4) is 0 Å². The number of rotatable bonds is 6. The summed E-state index contributed by atoms with van der Waals surface area (Å²) in [6.07, 6.45) is 1.60. The summed E-state index contributed by atoms with van der Waals surface area (Å²) in [6.45, 7) is 7.93. The Bertz CT molecular complexity index is 724. The molecular weight excluding hydrogens is 332 g/mol. The van der Waals surface area contributed by atoms with Crippen LogP contribution in [0, 0.1) is 6.92 Å². The number of hydrogen-bond acceptors (Lipinski definition) is 6. The van der Waals surface area contributed by atoms with E-state index in [4.69, 9.17) is 9.52 Å². The monoisotopic (exact) mass is 358 g/mol. The third-order valence-corrected chi connectivity index (χ3v) is 4.66. The lowest BCUT2D eigenvalue weighted by Crippen LogP contribution is -2.48. The van der Waals surface area contributed by atoms with Crippen LogP contribution in [-0.2, 0) is 0 Å². The van der Waals surface area contributed by atoms with Gasteiger partial charge in [0.1, 0.15) is 11.6 Å². The lowest BCUT2D eigenvalue weighted by atomic mass is 10.1. The molecule has 140 valence electrons. The zero-order valence-electron chi connectivity index (χ0n) is 15.3. The topological polar surface area (TPSA) is 81.8 Å². The molecule has 0 bridgehead atoms. The van der Waals surface area contributed by atoms with Crippen molar-refractivity contribution >= 4 is 11.7 Å². The summed E-state index contributed by atoms with van der Waals surface area (Å²) in [5.41, 5.74) is 1.46. The normalized spacial score (nSPS) is 16.5. The number of nitrogens with one attached hydrogen (secondary N) is 1. The van der Waals surface area contributed by atoms with Gasteiger partial charge < -0.3 is 19.7 Å². The van der Waals surface area contributed by atoms with Gasteiger partial charge in [0.25, 0.3) is 5.91 Å². The first-order valence-electron chi connectivity index (χ1n) is 8.98. The van der Waals surface area contributed by atoms with Crippen LogP contribution in [0.5, 0.6) is 0 Å². The van der Waals surface area contributed by atoms with Crippen LogP contribution in [0.1, 0.15) is 34.8 Å². The predicted octanol–water partition coefficient (Wildman–Crippen LogP) is 1.59. The molecule has 7 nitrogen and oxygen atoms in total. The number of piperazine rings is 1. The summed E-state index contributed by atoms with van der Waals surface area (Å²) in [7, 11) is 0. The van der Waals surface area contributed by atoms with E-state index in [1.807, 2.05) is 38.1 Å². The molecule has 3 heterocycles. The van der Waals surface area contributed by atoms with Gasteiger partial charge in [-0.25, -0.2) is 4.98 Å². The van der Waals surface area contributed by atoms with Crippen molar-refractivity contribution in [2.75, 3.05) is 44.2 Å². The number of nitrogens with zero attached hydrogens (tertiary/aromatic N) is 3. The maximum atomic E-state index is 12.8. The second kappa shape index (κ2) is 8.33. The molecule has 0 radical (unpaired) electrons. The van der Waals surface area contributed by atoms with Crippen LogP contribution in [0.2, 0.25) is 0 Å². The quantitative estimate of drug-likeness (QED) is 0.816. The molecule has 2 aromatic rings. The minimum atomic E-state index is -0.215. The Labute approximate surface area is 153 Å². The molecule has 1 aliphatic heterocycles. The van der Waals surface area contributed by atoms with E-state index in [0.717, 1.165) is 43.5 Å². The number of carbonyl (C=O) groups is 1. The number of anilines is 1. The first kappa shape index (κ1) is 18.4. The van der Waals surface area contributed by atoms with E-state index < -0.39 is 0 Å². The standard InChI is InChI=1S/C19H26N4O3/c1-14-5-6-16(19(25)21-15(2)17-4-3-13-26-17)18(20-14)23-9-7-22(8-10-23)11-12-24/h3-6,13,15,24H,7-12H2,1-2H3,(H,21,25)/t15-/m1/s1. The van der Waals surface area contributed by atoms with E-state index in [1.165, 1.54) is 0 Å². The largest absolute Gasteiger partial charge is 0.467 e. The van der Waals surface area contributed by atoms with Gasteiger partial charge in [-0.2, -0.15) is 0 Å². The number of carbonyl (C=O) groups excluding carboxylic acids is 1. The average molecular weight is 358 g/mol. The molecule has 3 rings (SSSR count). The summed E-state index contributed by atoms with van der Waals surface area (Å²) >= 11 is 0. The van der Waals surface area contributed by atoms with Crippen LogP contribution < -0.4 is 10.2 Å². The minimum absolute atomic E-state index is 0.158. The van der Waals surface area contributed by atoms with Crippen LogP contribution >= 0.6 is 0 Å². The van der Waals surface area contributed by atoms with Gasteiger partial charge in [-0.3, -0.25) is 9.69 Å². The van der Waals surface area contributed by atoms with Crippen molar-refractivity contribution < 1.29 is 14.3 Å². The number of aryl methyl sites for hydroxylation is 1. The summed E-state index contributed by atoms with van der Waals surface area (Å²) in [5, 5.41) is 12.1. The lowest BCUT2D eigenvalue weighted by Gasteiger charge is -2.35. The van der Waals surface area contributed by atoms with Gasteiger partial charge in [-0.1, -0.05) is 0 Å². The lowest BCUT2D eigenvalue weighted by molar-refractivity contribution is 0.0935. The molecule has 0 saturated carbocycles. The molecule has 0 spiro atoms. The molecule has 7 heteroatoms. The van der Waals surface area contributed by atoms with Gasteiger partial charge in [-0.15, -0.1) is 0 Å². The molecule has 0 aliphatic carbocycles. The summed E-state index contributed by atoms with van der Waals surface area (Å²) in [4.78, 5) is 21.8. The molecule has 1 fully saturated rings. The molecule has 0 unspecified atom stereocenters. The molecule has 1 atom stereocenters. The Morgan fingerprint density at radius 3 is 2.73 bits per heavy atom. The van der Waals surface area contributed by atoms with Gasteiger partial charge in [-0.05, 0) is 38.1 Å². The molecule has 2 aromatic heterocycles. The van der Waals surface area contributed by atoms with Crippen molar-refractivity contribution in [2.45, 2.75) is 19.9 Å². The Morgan fingerprint density at radius 2 is 2.08 bits per heavy atom. The maximum absolute atomic E-state index is 12.8. The summed E-state index contributed by atoms with van der Waals surface area (Å²) in [5.74, 6) is 1.28. The average Bonchev–Trinajstić information content (AvgIpc) is 3.17. The highest BCUT2D eigenvalue weighted by Crippen LogP contribution is 2.22. The Hall–Kier alpha value is -2.38. The fourth-order valence-corrected chi connectivity index (χ4v) is 3.17. The number of β-amino-alcohol motifs (C(OH)–C–C–N with tert-alkyl or cyclic N) is 1. The number of furan rings is 1. The molecule has 2 N–H and O–H groups in total. The third kappa shape index (κ3) is 4.23. The van der Waals surface area contributed by atoms with Crippen LogP contribution in [-0.4, -0.2) is 60.2 Å². The van der Waals surface area contributed by atoms with Gasteiger partial charge in [0.05, 0.1) is 24.5 Å². The fraction of sp³-hybridized carbons (Fsp3) is 0.474. The van der Waals surface area contributed by atoms with E-state index >= 15 is 0 Å². The molecular formula is C19H26N4O3. The highest BCUT2D eigenvalue weighted by molar-refractivity contribution is 5.99. The number of pyridine rings is 1. The molecule has 1 aliphatic rings.